The molecule has 2 unspecified atom stereocenters. The van der Waals surface area contributed by atoms with Crippen LogP contribution < -0.4 is 10.6 Å². The molecule has 0 aromatic rings. The van der Waals surface area contributed by atoms with E-state index in [0.717, 1.165) is 25.7 Å². The van der Waals surface area contributed by atoms with E-state index in [9.17, 15) is 14.7 Å². The van der Waals surface area contributed by atoms with Gasteiger partial charge in [0.05, 0.1) is 0 Å². The topological polar surface area (TPSA) is 78.4 Å². The standard InChI is InChI=1S/C13H22N2O3S/c1-19-10-6-3-2-5-9(10)14-12(18)15-13(11(16)17)7-4-8-13/h9-10H,2-8H2,1H3,(H,16,17)(H2,14,15,18). The second-order valence-corrected chi connectivity index (χ2v) is 6.58. The van der Waals surface area contributed by atoms with Gasteiger partial charge in [0.1, 0.15) is 5.54 Å². The van der Waals surface area contributed by atoms with Gasteiger partial charge in [-0.2, -0.15) is 11.8 Å². The predicted octanol–water partition coefficient (Wildman–Crippen LogP) is 1.97. The summed E-state index contributed by atoms with van der Waals surface area (Å²) in [7, 11) is 0. The van der Waals surface area contributed by atoms with E-state index in [2.05, 4.69) is 16.9 Å². The number of aliphatic carboxylic acids is 1. The van der Waals surface area contributed by atoms with E-state index in [1.54, 1.807) is 11.8 Å². The van der Waals surface area contributed by atoms with Crippen LogP contribution in [0.5, 0.6) is 0 Å². The first-order chi connectivity index (χ1) is 9.07. The number of hydrogen-bond acceptors (Lipinski definition) is 3. The van der Waals surface area contributed by atoms with Gasteiger partial charge >= 0.3 is 12.0 Å². The quantitative estimate of drug-likeness (QED) is 0.738. The van der Waals surface area contributed by atoms with Crippen LogP contribution in [0.25, 0.3) is 0 Å². The van der Waals surface area contributed by atoms with E-state index in [-0.39, 0.29) is 12.1 Å². The number of amides is 2. The third-order valence-electron chi connectivity index (χ3n) is 4.29. The van der Waals surface area contributed by atoms with Gasteiger partial charge in [-0.3, -0.25) is 0 Å². The van der Waals surface area contributed by atoms with E-state index in [0.29, 0.717) is 18.1 Å². The molecule has 2 atom stereocenters. The summed E-state index contributed by atoms with van der Waals surface area (Å²) in [6.07, 6.45) is 8.45. The Labute approximate surface area is 117 Å². The summed E-state index contributed by atoms with van der Waals surface area (Å²) in [5.74, 6) is -0.918. The SMILES string of the molecule is CSC1CCCCC1NC(=O)NC1(C(=O)O)CCC1. The Morgan fingerprint density at radius 3 is 2.42 bits per heavy atom. The largest absolute Gasteiger partial charge is 0.480 e. The fourth-order valence-corrected chi connectivity index (χ4v) is 3.82. The maximum atomic E-state index is 12.0. The molecule has 108 valence electrons. The Hall–Kier alpha value is -0.910. The molecule has 0 aliphatic heterocycles. The van der Waals surface area contributed by atoms with Gasteiger partial charge in [-0.1, -0.05) is 12.8 Å². The fraction of sp³-hybridized carbons (Fsp3) is 0.846. The van der Waals surface area contributed by atoms with Crippen molar-refractivity contribution in [3.63, 3.8) is 0 Å². The summed E-state index contributed by atoms with van der Waals surface area (Å²) < 4.78 is 0. The van der Waals surface area contributed by atoms with Crippen LogP contribution in [0.4, 0.5) is 4.79 Å². The summed E-state index contributed by atoms with van der Waals surface area (Å²) in [6.45, 7) is 0. The number of hydrogen-bond donors (Lipinski definition) is 3. The van der Waals surface area contributed by atoms with Gasteiger partial charge < -0.3 is 15.7 Å². The molecule has 6 heteroatoms. The molecule has 2 aliphatic carbocycles. The summed E-state index contributed by atoms with van der Waals surface area (Å²) in [6, 6.07) is -0.164. The molecule has 0 bridgehead atoms. The first-order valence-corrected chi connectivity index (χ1v) is 8.21. The van der Waals surface area contributed by atoms with Crippen molar-refractivity contribution in [3.8, 4) is 0 Å². The number of urea groups is 1. The Kier molecular flexibility index (Phi) is 4.60. The van der Waals surface area contributed by atoms with Crippen LogP contribution in [0.1, 0.15) is 44.9 Å². The minimum absolute atomic E-state index is 0.162. The molecule has 0 aromatic carbocycles. The van der Waals surface area contributed by atoms with Crippen molar-refractivity contribution in [2.45, 2.75) is 61.8 Å². The zero-order valence-corrected chi connectivity index (χ0v) is 12.1. The molecule has 2 amide bonds. The molecule has 19 heavy (non-hydrogen) atoms. The first kappa shape index (κ1) is 14.5. The summed E-state index contributed by atoms with van der Waals surface area (Å²) >= 11 is 1.78. The van der Waals surface area contributed by atoms with E-state index < -0.39 is 11.5 Å². The predicted molar refractivity (Wildman–Crippen MR) is 75.4 cm³/mol. The molecule has 0 spiro atoms. The van der Waals surface area contributed by atoms with Crippen molar-refractivity contribution >= 4 is 23.8 Å². The molecular formula is C13H22N2O3S. The molecule has 0 heterocycles. The minimum atomic E-state index is -1.02. The fourth-order valence-electron chi connectivity index (χ4n) is 2.89. The summed E-state index contributed by atoms with van der Waals surface area (Å²) in [5.41, 5.74) is -1.02. The third kappa shape index (κ3) is 3.16. The van der Waals surface area contributed by atoms with Gasteiger partial charge in [0.15, 0.2) is 0 Å². The number of carboxylic acids is 1. The van der Waals surface area contributed by atoms with Crippen molar-refractivity contribution in [1.82, 2.24) is 10.6 Å². The second-order valence-electron chi connectivity index (χ2n) is 5.50. The summed E-state index contributed by atoms with van der Waals surface area (Å²) in [4.78, 5) is 23.2. The number of thioether (sulfide) groups is 1. The number of rotatable bonds is 4. The molecule has 2 fully saturated rings. The summed E-state index contributed by atoms with van der Waals surface area (Å²) in [5, 5.41) is 15.3. The number of carboxylic acid groups (broad SMARTS) is 1. The molecule has 0 aromatic heterocycles. The van der Waals surface area contributed by atoms with Crippen LogP contribution in [-0.2, 0) is 4.79 Å². The normalized spacial score (nSPS) is 29.1. The van der Waals surface area contributed by atoms with Crippen molar-refractivity contribution in [3.05, 3.63) is 0 Å². The molecule has 2 rings (SSSR count). The monoisotopic (exact) mass is 286 g/mol. The van der Waals surface area contributed by atoms with Gasteiger partial charge in [0.2, 0.25) is 0 Å². The molecular weight excluding hydrogens is 264 g/mol. The Bertz CT molecular complexity index is 358. The van der Waals surface area contributed by atoms with Gasteiger partial charge in [0, 0.05) is 11.3 Å². The maximum absolute atomic E-state index is 12.0. The highest BCUT2D eigenvalue weighted by atomic mass is 32.2. The third-order valence-corrected chi connectivity index (χ3v) is 5.46. The lowest BCUT2D eigenvalue weighted by Gasteiger charge is -2.39. The van der Waals surface area contributed by atoms with Gasteiger partial charge in [-0.05, 0) is 38.4 Å². The van der Waals surface area contributed by atoms with Gasteiger partial charge in [0.25, 0.3) is 0 Å². The minimum Gasteiger partial charge on any atom is -0.480 e. The van der Waals surface area contributed by atoms with E-state index in [4.69, 9.17) is 0 Å². The van der Waals surface area contributed by atoms with E-state index in [1.807, 2.05) is 0 Å². The van der Waals surface area contributed by atoms with Crippen LogP contribution in [-0.4, -0.2) is 40.2 Å². The number of carbonyl (C=O) groups is 2. The van der Waals surface area contributed by atoms with Crippen LogP contribution in [0, 0.1) is 0 Å². The van der Waals surface area contributed by atoms with E-state index >= 15 is 0 Å². The number of nitrogens with one attached hydrogen (secondary N) is 2. The lowest BCUT2D eigenvalue weighted by Crippen LogP contribution is -2.62. The Morgan fingerprint density at radius 1 is 1.21 bits per heavy atom. The molecule has 5 nitrogen and oxygen atoms in total. The van der Waals surface area contributed by atoms with Crippen LogP contribution in [0.2, 0.25) is 0 Å². The zero-order chi connectivity index (χ0) is 13.9. The molecule has 2 aliphatic rings. The van der Waals surface area contributed by atoms with Crippen molar-refractivity contribution in [1.29, 1.82) is 0 Å². The smallest absolute Gasteiger partial charge is 0.329 e. The highest BCUT2D eigenvalue weighted by Crippen LogP contribution is 2.32. The Balaban J connectivity index is 1.88. The number of carbonyl (C=O) groups excluding carboxylic acids is 1. The lowest BCUT2D eigenvalue weighted by atomic mass is 9.77. The Morgan fingerprint density at radius 2 is 1.89 bits per heavy atom. The highest BCUT2D eigenvalue weighted by Gasteiger charge is 2.46. The van der Waals surface area contributed by atoms with Crippen molar-refractivity contribution in [2.75, 3.05) is 6.26 Å². The molecule has 0 radical (unpaired) electrons. The van der Waals surface area contributed by atoms with Gasteiger partial charge in [-0.25, -0.2) is 9.59 Å². The van der Waals surface area contributed by atoms with Crippen molar-refractivity contribution in [2.24, 2.45) is 0 Å². The lowest BCUT2D eigenvalue weighted by molar-refractivity contribution is -0.148. The zero-order valence-electron chi connectivity index (χ0n) is 11.3. The average molecular weight is 286 g/mol. The van der Waals surface area contributed by atoms with Crippen LogP contribution in [0.15, 0.2) is 0 Å². The second kappa shape index (κ2) is 6.03. The maximum Gasteiger partial charge on any atom is 0.329 e. The highest BCUT2D eigenvalue weighted by molar-refractivity contribution is 7.99. The average Bonchev–Trinajstić information content (AvgIpc) is 2.34. The first-order valence-electron chi connectivity index (χ1n) is 6.92. The molecule has 2 saturated carbocycles. The van der Waals surface area contributed by atoms with Crippen LogP contribution in [0.3, 0.4) is 0 Å². The van der Waals surface area contributed by atoms with E-state index in [1.165, 1.54) is 6.42 Å². The van der Waals surface area contributed by atoms with Crippen molar-refractivity contribution < 1.29 is 14.7 Å². The van der Waals surface area contributed by atoms with Gasteiger partial charge in [-0.15, -0.1) is 0 Å². The van der Waals surface area contributed by atoms with Crippen LogP contribution >= 0.6 is 11.8 Å². The molecule has 0 saturated heterocycles. The molecule has 3 N–H and O–H groups in total.